The van der Waals surface area contributed by atoms with Crippen LogP contribution in [-0.2, 0) is 13.5 Å². The van der Waals surface area contributed by atoms with Crippen LogP contribution in [0.3, 0.4) is 0 Å². The van der Waals surface area contributed by atoms with E-state index in [1.807, 2.05) is 12.1 Å². The lowest BCUT2D eigenvalue weighted by molar-refractivity contribution is -0.384. The lowest BCUT2D eigenvalue weighted by Gasteiger charge is -2.12. The standard InChI is InChI=1S/C17H22N2O2/c1-14(17-8-5-13-18(17)2)6-3-4-7-15-9-11-16(12-10-15)19(20)21/h5,8-14H,3-4,6-7H2,1-2H3. The quantitative estimate of drug-likeness (QED) is 0.429. The SMILES string of the molecule is CC(CCCCc1ccc([N+](=O)[O-])cc1)c1cccn1C. The van der Waals surface area contributed by atoms with E-state index in [1.165, 1.54) is 24.1 Å². The highest BCUT2D eigenvalue weighted by molar-refractivity contribution is 5.32. The minimum Gasteiger partial charge on any atom is -0.354 e. The molecule has 0 aliphatic carbocycles. The molecule has 0 N–H and O–H groups in total. The highest BCUT2D eigenvalue weighted by atomic mass is 16.6. The number of hydrogen-bond acceptors (Lipinski definition) is 2. The summed E-state index contributed by atoms with van der Waals surface area (Å²) in [6.07, 6.45) is 6.53. The molecule has 0 radical (unpaired) electrons. The molecule has 0 amide bonds. The molecule has 21 heavy (non-hydrogen) atoms. The molecule has 0 spiro atoms. The van der Waals surface area contributed by atoms with Crippen LogP contribution in [-0.4, -0.2) is 9.49 Å². The van der Waals surface area contributed by atoms with Crippen molar-refractivity contribution in [3.8, 4) is 0 Å². The highest BCUT2D eigenvalue weighted by Gasteiger charge is 2.08. The minimum absolute atomic E-state index is 0.163. The molecule has 1 aromatic carbocycles. The zero-order chi connectivity index (χ0) is 15.2. The molecule has 0 aliphatic rings. The van der Waals surface area contributed by atoms with Crippen LogP contribution < -0.4 is 0 Å². The van der Waals surface area contributed by atoms with Gasteiger partial charge in [-0.3, -0.25) is 10.1 Å². The average molecular weight is 286 g/mol. The summed E-state index contributed by atoms with van der Waals surface area (Å²) in [6.45, 7) is 2.27. The molecule has 0 bridgehead atoms. The lowest BCUT2D eigenvalue weighted by Crippen LogP contribution is -2.01. The first kappa shape index (κ1) is 15.3. The van der Waals surface area contributed by atoms with Crippen LogP contribution in [0.1, 0.15) is 43.4 Å². The van der Waals surface area contributed by atoms with E-state index < -0.39 is 0 Å². The molecular formula is C17H22N2O2. The molecule has 4 heteroatoms. The van der Waals surface area contributed by atoms with Gasteiger partial charge in [-0.25, -0.2) is 0 Å². The van der Waals surface area contributed by atoms with E-state index in [0.29, 0.717) is 5.92 Å². The second-order valence-electron chi connectivity index (χ2n) is 5.61. The summed E-state index contributed by atoms with van der Waals surface area (Å²) in [5.74, 6) is 0.571. The fourth-order valence-electron chi connectivity index (χ4n) is 2.70. The number of nitro benzene ring substituents is 1. The van der Waals surface area contributed by atoms with E-state index in [9.17, 15) is 10.1 Å². The molecule has 1 aromatic heterocycles. The largest absolute Gasteiger partial charge is 0.354 e. The van der Waals surface area contributed by atoms with E-state index >= 15 is 0 Å². The second-order valence-corrected chi connectivity index (χ2v) is 5.61. The third kappa shape index (κ3) is 4.18. The van der Waals surface area contributed by atoms with Gasteiger partial charge in [0.25, 0.3) is 5.69 Å². The van der Waals surface area contributed by atoms with Gasteiger partial charge in [-0.05, 0) is 42.9 Å². The maximum atomic E-state index is 10.6. The van der Waals surface area contributed by atoms with E-state index in [2.05, 4.69) is 36.9 Å². The normalized spacial score (nSPS) is 12.3. The van der Waals surface area contributed by atoms with Gasteiger partial charge in [0, 0.05) is 31.1 Å². The van der Waals surface area contributed by atoms with Gasteiger partial charge in [0.2, 0.25) is 0 Å². The zero-order valence-electron chi connectivity index (χ0n) is 12.7. The second kappa shape index (κ2) is 7.07. The minimum atomic E-state index is -0.356. The van der Waals surface area contributed by atoms with E-state index in [-0.39, 0.29) is 10.6 Å². The van der Waals surface area contributed by atoms with Gasteiger partial charge in [0.15, 0.2) is 0 Å². The summed E-state index contributed by atoms with van der Waals surface area (Å²) in [4.78, 5) is 10.2. The number of rotatable bonds is 7. The van der Waals surface area contributed by atoms with Crippen LogP contribution in [0.5, 0.6) is 0 Å². The molecular weight excluding hydrogens is 264 g/mol. The summed E-state index contributed by atoms with van der Waals surface area (Å²) >= 11 is 0. The fraction of sp³-hybridized carbons (Fsp3) is 0.412. The van der Waals surface area contributed by atoms with E-state index in [4.69, 9.17) is 0 Å². The maximum Gasteiger partial charge on any atom is 0.269 e. The molecule has 0 fully saturated rings. The Hall–Kier alpha value is -2.10. The lowest BCUT2D eigenvalue weighted by atomic mass is 9.98. The van der Waals surface area contributed by atoms with Crippen molar-refractivity contribution >= 4 is 5.69 Å². The number of benzene rings is 1. The Morgan fingerprint density at radius 1 is 1.19 bits per heavy atom. The summed E-state index contributed by atoms with van der Waals surface area (Å²) in [7, 11) is 2.09. The van der Waals surface area contributed by atoms with Crippen LogP contribution in [0.2, 0.25) is 0 Å². The van der Waals surface area contributed by atoms with Crippen LogP contribution in [0.25, 0.3) is 0 Å². The highest BCUT2D eigenvalue weighted by Crippen LogP contribution is 2.22. The van der Waals surface area contributed by atoms with E-state index in [0.717, 1.165) is 12.8 Å². The first-order valence-corrected chi connectivity index (χ1v) is 7.42. The Bertz CT molecular complexity index is 587. The van der Waals surface area contributed by atoms with Crippen molar-refractivity contribution in [3.63, 3.8) is 0 Å². The predicted octanol–water partition coefficient (Wildman–Crippen LogP) is 4.45. The van der Waals surface area contributed by atoms with E-state index in [1.54, 1.807) is 12.1 Å². The third-order valence-corrected chi connectivity index (χ3v) is 3.99. The van der Waals surface area contributed by atoms with Gasteiger partial charge < -0.3 is 4.57 Å². The first-order valence-electron chi connectivity index (χ1n) is 7.42. The molecule has 0 saturated heterocycles. The molecule has 2 aromatic rings. The van der Waals surface area contributed by atoms with Crippen molar-refractivity contribution in [1.82, 2.24) is 4.57 Å². The number of nitrogens with zero attached hydrogens (tertiary/aromatic N) is 2. The molecule has 1 unspecified atom stereocenters. The van der Waals surface area contributed by atoms with Gasteiger partial charge in [-0.2, -0.15) is 0 Å². The van der Waals surface area contributed by atoms with Crippen molar-refractivity contribution in [2.45, 2.75) is 38.5 Å². The Morgan fingerprint density at radius 2 is 1.90 bits per heavy atom. The first-order chi connectivity index (χ1) is 10.1. The number of aromatic nitrogens is 1. The number of aryl methyl sites for hydroxylation is 2. The topological polar surface area (TPSA) is 48.1 Å². The Kier molecular flexibility index (Phi) is 5.14. The van der Waals surface area contributed by atoms with Gasteiger partial charge in [-0.15, -0.1) is 0 Å². The molecule has 1 heterocycles. The number of nitro groups is 1. The summed E-state index contributed by atoms with van der Waals surface area (Å²) in [5.41, 5.74) is 2.72. The fourth-order valence-corrected chi connectivity index (χ4v) is 2.70. The molecule has 0 saturated carbocycles. The molecule has 4 nitrogen and oxygen atoms in total. The van der Waals surface area contributed by atoms with Crippen molar-refractivity contribution in [1.29, 1.82) is 0 Å². The predicted molar refractivity (Wildman–Crippen MR) is 84.5 cm³/mol. The number of unbranched alkanes of at least 4 members (excludes halogenated alkanes) is 1. The van der Waals surface area contributed by atoms with Crippen molar-refractivity contribution < 1.29 is 4.92 Å². The van der Waals surface area contributed by atoms with Gasteiger partial charge >= 0.3 is 0 Å². The van der Waals surface area contributed by atoms with Crippen LogP contribution in [0.4, 0.5) is 5.69 Å². The molecule has 2 rings (SSSR count). The molecule has 0 aliphatic heterocycles. The van der Waals surface area contributed by atoms with Gasteiger partial charge in [0.05, 0.1) is 4.92 Å². The summed E-state index contributed by atoms with van der Waals surface area (Å²) in [5, 5.41) is 10.6. The van der Waals surface area contributed by atoms with Crippen molar-refractivity contribution in [3.05, 3.63) is 64.0 Å². The maximum absolute atomic E-state index is 10.6. The molecule has 112 valence electrons. The number of hydrogen-bond donors (Lipinski definition) is 0. The number of non-ortho nitro benzene ring substituents is 1. The van der Waals surface area contributed by atoms with Crippen molar-refractivity contribution in [2.75, 3.05) is 0 Å². The Morgan fingerprint density at radius 3 is 2.48 bits per heavy atom. The summed E-state index contributed by atoms with van der Waals surface area (Å²) in [6, 6.07) is 11.2. The Labute approximate surface area is 125 Å². The van der Waals surface area contributed by atoms with Crippen LogP contribution in [0, 0.1) is 10.1 Å². The zero-order valence-corrected chi connectivity index (χ0v) is 12.7. The monoisotopic (exact) mass is 286 g/mol. The third-order valence-electron chi connectivity index (χ3n) is 3.99. The Balaban J connectivity index is 1.74. The van der Waals surface area contributed by atoms with Crippen LogP contribution in [0.15, 0.2) is 42.6 Å². The van der Waals surface area contributed by atoms with Gasteiger partial charge in [0.1, 0.15) is 0 Å². The van der Waals surface area contributed by atoms with Crippen LogP contribution >= 0.6 is 0 Å². The molecule has 1 atom stereocenters. The van der Waals surface area contributed by atoms with Crippen molar-refractivity contribution in [2.24, 2.45) is 7.05 Å². The van der Waals surface area contributed by atoms with Gasteiger partial charge in [-0.1, -0.05) is 25.5 Å². The average Bonchev–Trinajstić information content (AvgIpc) is 2.90. The summed E-state index contributed by atoms with van der Waals surface area (Å²) < 4.78 is 2.18. The smallest absolute Gasteiger partial charge is 0.269 e.